The molecule has 0 aliphatic heterocycles. The van der Waals surface area contributed by atoms with Crippen LogP contribution in [0.4, 0.5) is 0 Å². The topological polar surface area (TPSA) is 145 Å². The Labute approximate surface area is 271 Å². The van der Waals surface area contributed by atoms with Crippen LogP contribution in [0.3, 0.4) is 0 Å². The minimum Gasteiger partial charge on any atom is -0.313 e. The van der Waals surface area contributed by atoms with Crippen molar-refractivity contribution >= 4 is 45.9 Å². The summed E-state index contributed by atoms with van der Waals surface area (Å²) in [6.07, 6.45) is 3.19. The van der Waals surface area contributed by atoms with Gasteiger partial charge in [0.15, 0.2) is 32.6 Å². The molecule has 14 heteroatoms. The number of nitrogens with zero attached hydrogens (tertiary/aromatic N) is 6. The molecule has 0 aliphatic rings. The van der Waals surface area contributed by atoms with Crippen molar-refractivity contribution in [3.05, 3.63) is 113 Å². The highest BCUT2D eigenvalue weighted by molar-refractivity contribution is 7.99. The predicted octanol–water partition coefficient (Wildman–Crippen LogP) is 3.31. The molecule has 2 aromatic carbocycles. The molecule has 0 atom stereocenters. The Morgan fingerprint density at radius 1 is 0.609 bits per heavy atom. The third kappa shape index (κ3) is 6.53. The minimum absolute atomic E-state index is 0.374. The second kappa shape index (κ2) is 13.8. The lowest BCUT2D eigenvalue weighted by Crippen LogP contribution is -2.29. The van der Waals surface area contributed by atoms with E-state index in [2.05, 4.69) is 34.2 Å². The summed E-state index contributed by atoms with van der Waals surface area (Å²) in [7, 11) is 3.22. The second-order valence-electron chi connectivity index (χ2n) is 10.9. The molecule has 0 saturated carbocycles. The molecule has 0 saturated heterocycles. The van der Waals surface area contributed by atoms with E-state index in [1.807, 2.05) is 45.5 Å². The predicted molar refractivity (Wildman–Crippen MR) is 182 cm³/mol. The molecule has 0 spiro atoms. The van der Waals surface area contributed by atoms with Gasteiger partial charge in [-0.2, -0.15) is 0 Å². The number of hydrogen-bond acceptors (Lipinski definition) is 8. The second-order valence-corrected chi connectivity index (χ2v) is 13.1. The Kier molecular flexibility index (Phi) is 9.45. The molecule has 0 aliphatic carbocycles. The van der Waals surface area contributed by atoms with Gasteiger partial charge < -0.3 is 9.13 Å². The summed E-state index contributed by atoms with van der Waals surface area (Å²) in [5.74, 6) is 1.53. The van der Waals surface area contributed by atoms with E-state index in [1.165, 1.54) is 9.13 Å². The molecule has 2 N–H and O–H groups in total. The monoisotopic (exact) mass is 658 g/mol. The van der Waals surface area contributed by atoms with Gasteiger partial charge in [-0.3, -0.25) is 28.7 Å². The molecule has 4 aromatic heterocycles. The van der Waals surface area contributed by atoms with Crippen molar-refractivity contribution in [2.45, 2.75) is 49.1 Å². The summed E-state index contributed by atoms with van der Waals surface area (Å²) in [4.78, 5) is 64.4. The average molecular weight is 659 g/mol. The van der Waals surface area contributed by atoms with Crippen molar-refractivity contribution in [1.29, 1.82) is 0 Å². The number of fused-ring (bicyclic) bond motifs is 2. The van der Waals surface area contributed by atoms with Crippen LogP contribution < -0.4 is 22.5 Å². The maximum absolute atomic E-state index is 12.8. The standard InChI is InChI=1S/C32H34N8O4S2/c1-37-25-23(27(41)35-29(37)43)39(17-15-21-11-5-3-6-12-21)31(33-25)45-19-9-10-20-46-32-34-26-24(28(42)36-30(44)38(26)2)40(32)18-16-22-13-7-4-8-14-22/h3-8,11-14H,9-10,15-20H2,1-2H3,(H,35,41,43)(H,36,42,44). The number of aryl methyl sites for hydroxylation is 6. The van der Waals surface area contributed by atoms with E-state index in [-0.39, 0.29) is 0 Å². The lowest BCUT2D eigenvalue weighted by Gasteiger charge is -2.09. The first-order chi connectivity index (χ1) is 22.3. The number of H-pyrrole nitrogens is 2. The first-order valence-electron chi connectivity index (χ1n) is 15.0. The van der Waals surface area contributed by atoms with Crippen molar-refractivity contribution in [2.24, 2.45) is 14.1 Å². The van der Waals surface area contributed by atoms with Crippen LogP contribution in [0.1, 0.15) is 24.0 Å². The molecule has 0 fully saturated rings. The molecule has 6 rings (SSSR count). The SMILES string of the molecule is Cn1c(=O)[nH]c(=O)c2c1nc(SCCCCSc1nc3c(c(=O)[nH]c(=O)n3C)n1CCc1ccccc1)n2CCc1ccccc1. The Balaban J connectivity index is 1.14. The van der Waals surface area contributed by atoms with Gasteiger partial charge >= 0.3 is 11.4 Å². The maximum Gasteiger partial charge on any atom is 0.329 e. The lowest BCUT2D eigenvalue weighted by atomic mass is 10.1. The Morgan fingerprint density at radius 2 is 1.00 bits per heavy atom. The van der Waals surface area contributed by atoms with Crippen LogP contribution in [0.15, 0.2) is 90.2 Å². The Bertz CT molecular complexity index is 2070. The van der Waals surface area contributed by atoms with Gasteiger partial charge in [-0.15, -0.1) is 0 Å². The van der Waals surface area contributed by atoms with Crippen LogP contribution in [-0.4, -0.2) is 49.7 Å². The molecule has 0 unspecified atom stereocenters. The number of rotatable bonds is 13. The molecule has 6 aromatic rings. The van der Waals surface area contributed by atoms with Crippen molar-refractivity contribution in [1.82, 2.24) is 38.2 Å². The van der Waals surface area contributed by atoms with Gasteiger partial charge in [0, 0.05) is 38.7 Å². The van der Waals surface area contributed by atoms with Gasteiger partial charge in [-0.05, 0) is 36.8 Å². The number of unbranched alkanes of at least 4 members (excludes halogenated alkanes) is 1. The summed E-state index contributed by atoms with van der Waals surface area (Å²) >= 11 is 3.13. The molecule has 0 amide bonds. The summed E-state index contributed by atoms with van der Waals surface area (Å²) in [5, 5.41) is 1.40. The van der Waals surface area contributed by atoms with Crippen molar-refractivity contribution in [2.75, 3.05) is 11.5 Å². The highest BCUT2D eigenvalue weighted by atomic mass is 32.2. The van der Waals surface area contributed by atoms with E-state index in [0.29, 0.717) is 45.7 Å². The van der Waals surface area contributed by atoms with Gasteiger partial charge in [0.25, 0.3) is 11.1 Å². The maximum atomic E-state index is 12.8. The summed E-state index contributed by atoms with van der Waals surface area (Å²) in [6, 6.07) is 20.1. The molecule has 0 bridgehead atoms. The number of aromatic amines is 2. The van der Waals surface area contributed by atoms with Crippen molar-refractivity contribution in [3.63, 3.8) is 0 Å². The summed E-state index contributed by atoms with van der Waals surface area (Å²) in [6.45, 7) is 1.11. The van der Waals surface area contributed by atoms with E-state index < -0.39 is 22.5 Å². The van der Waals surface area contributed by atoms with Crippen molar-refractivity contribution in [3.8, 4) is 0 Å². The van der Waals surface area contributed by atoms with E-state index in [1.54, 1.807) is 37.6 Å². The summed E-state index contributed by atoms with van der Waals surface area (Å²) in [5.41, 5.74) is 1.99. The van der Waals surface area contributed by atoms with E-state index >= 15 is 0 Å². The fourth-order valence-corrected chi connectivity index (χ4v) is 7.41. The smallest absolute Gasteiger partial charge is 0.313 e. The zero-order chi connectivity index (χ0) is 32.2. The van der Waals surface area contributed by atoms with Gasteiger partial charge in [0.05, 0.1) is 0 Å². The number of thioether (sulfide) groups is 2. The van der Waals surface area contributed by atoms with Crippen LogP contribution in [0, 0.1) is 0 Å². The molecule has 46 heavy (non-hydrogen) atoms. The Morgan fingerprint density at radius 3 is 1.39 bits per heavy atom. The van der Waals surface area contributed by atoms with Crippen LogP contribution >= 0.6 is 23.5 Å². The van der Waals surface area contributed by atoms with Gasteiger partial charge in [0.2, 0.25) is 0 Å². The van der Waals surface area contributed by atoms with E-state index in [0.717, 1.165) is 48.3 Å². The van der Waals surface area contributed by atoms with Gasteiger partial charge in [-0.1, -0.05) is 84.2 Å². The number of hydrogen-bond donors (Lipinski definition) is 2. The number of benzene rings is 2. The lowest BCUT2D eigenvalue weighted by molar-refractivity contribution is 0.649. The third-order valence-corrected chi connectivity index (χ3v) is 10.0. The highest BCUT2D eigenvalue weighted by Crippen LogP contribution is 2.26. The average Bonchev–Trinajstić information content (AvgIpc) is 3.62. The van der Waals surface area contributed by atoms with Crippen LogP contribution in [-0.2, 0) is 40.0 Å². The van der Waals surface area contributed by atoms with Gasteiger partial charge in [-0.25, -0.2) is 19.6 Å². The molecular formula is C32H34N8O4S2. The number of imidazole rings is 2. The molecule has 0 radical (unpaired) electrons. The van der Waals surface area contributed by atoms with Crippen LogP contribution in [0.25, 0.3) is 22.3 Å². The molecule has 4 heterocycles. The first kappa shape index (κ1) is 31.4. The number of nitrogens with one attached hydrogen (secondary N) is 2. The van der Waals surface area contributed by atoms with Gasteiger partial charge in [0.1, 0.15) is 0 Å². The van der Waals surface area contributed by atoms with Crippen LogP contribution in [0.5, 0.6) is 0 Å². The molecule has 12 nitrogen and oxygen atoms in total. The zero-order valence-corrected chi connectivity index (χ0v) is 27.2. The van der Waals surface area contributed by atoms with Crippen molar-refractivity contribution < 1.29 is 0 Å². The quantitative estimate of drug-likeness (QED) is 0.142. The van der Waals surface area contributed by atoms with E-state index in [4.69, 9.17) is 9.97 Å². The zero-order valence-electron chi connectivity index (χ0n) is 25.6. The fourth-order valence-electron chi connectivity index (χ4n) is 5.37. The summed E-state index contributed by atoms with van der Waals surface area (Å²) < 4.78 is 6.58. The number of aromatic nitrogens is 8. The fraction of sp³-hybridized carbons (Fsp3) is 0.312. The highest BCUT2D eigenvalue weighted by Gasteiger charge is 2.19. The third-order valence-electron chi connectivity index (χ3n) is 7.88. The van der Waals surface area contributed by atoms with Crippen LogP contribution in [0.2, 0.25) is 0 Å². The Hall–Kier alpha value is -4.56. The molecular weight excluding hydrogens is 625 g/mol. The van der Waals surface area contributed by atoms with E-state index in [9.17, 15) is 19.2 Å². The normalized spacial score (nSPS) is 11.6. The minimum atomic E-state index is -0.490. The largest absolute Gasteiger partial charge is 0.329 e. The first-order valence-corrected chi connectivity index (χ1v) is 17.0. The molecule has 238 valence electrons.